The van der Waals surface area contributed by atoms with Gasteiger partial charge in [-0.2, -0.15) is 0 Å². The molecule has 0 saturated carbocycles. The summed E-state index contributed by atoms with van der Waals surface area (Å²) in [5.41, 5.74) is 1.80. The fraction of sp³-hybridized carbons (Fsp3) is 0.500. The van der Waals surface area contributed by atoms with E-state index >= 15 is 0 Å². The molecule has 0 spiro atoms. The van der Waals surface area contributed by atoms with Gasteiger partial charge in [0, 0.05) is 24.6 Å². The second-order valence-corrected chi connectivity index (χ2v) is 5.72. The van der Waals surface area contributed by atoms with Crippen molar-refractivity contribution in [1.29, 1.82) is 0 Å². The summed E-state index contributed by atoms with van der Waals surface area (Å²) in [5.74, 6) is 0.397. The Hall–Kier alpha value is -1.84. The second-order valence-electron chi connectivity index (χ2n) is 5.72. The third-order valence-corrected chi connectivity index (χ3v) is 2.83. The minimum absolute atomic E-state index is 0.00276. The molecule has 2 N–H and O–H groups in total. The van der Waals surface area contributed by atoms with Crippen LogP contribution < -0.4 is 10.6 Å². The van der Waals surface area contributed by atoms with Gasteiger partial charge in [-0.1, -0.05) is 39.8 Å². The third-order valence-electron chi connectivity index (χ3n) is 2.83. The van der Waals surface area contributed by atoms with E-state index < -0.39 is 0 Å². The van der Waals surface area contributed by atoms with Crippen LogP contribution in [0.4, 0.5) is 5.69 Å². The summed E-state index contributed by atoms with van der Waals surface area (Å²) in [6.07, 6.45) is 0.544. The van der Waals surface area contributed by atoms with E-state index in [4.69, 9.17) is 0 Å². The number of rotatable bonds is 6. The molecule has 0 aromatic heterocycles. The van der Waals surface area contributed by atoms with Gasteiger partial charge in [-0.3, -0.25) is 9.59 Å². The van der Waals surface area contributed by atoms with Crippen LogP contribution >= 0.6 is 0 Å². The van der Waals surface area contributed by atoms with Gasteiger partial charge < -0.3 is 10.6 Å². The van der Waals surface area contributed by atoms with Crippen LogP contribution in [0, 0.1) is 11.8 Å². The Balaban J connectivity index is 2.46. The Morgan fingerprint density at radius 2 is 1.65 bits per heavy atom. The topological polar surface area (TPSA) is 58.2 Å². The number of hydrogen-bond donors (Lipinski definition) is 2. The molecule has 2 amide bonds. The highest BCUT2D eigenvalue weighted by atomic mass is 16.2. The number of nitrogens with one attached hydrogen (secondary N) is 2. The monoisotopic (exact) mass is 276 g/mol. The van der Waals surface area contributed by atoms with Gasteiger partial charge in [-0.15, -0.1) is 0 Å². The summed E-state index contributed by atoms with van der Waals surface area (Å²) in [5, 5.41) is 5.72. The van der Waals surface area contributed by atoms with Gasteiger partial charge in [0.1, 0.15) is 0 Å². The van der Waals surface area contributed by atoms with Crippen molar-refractivity contribution in [2.45, 2.75) is 40.7 Å². The highest BCUT2D eigenvalue weighted by Crippen LogP contribution is 2.11. The molecule has 4 heteroatoms. The van der Waals surface area contributed by atoms with Gasteiger partial charge in [-0.05, 0) is 23.6 Å². The molecule has 0 heterocycles. The van der Waals surface area contributed by atoms with Gasteiger partial charge in [0.15, 0.2) is 0 Å². The Bertz CT molecular complexity index is 450. The van der Waals surface area contributed by atoms with E-state index in [-0.39, 0.29) is 17.7 Å². The number of hydrogen-bond acceptors (Lipinski definition) is 2. The summed E-state index contributed by atoms with van der Waals surface area (Å²) in [6, 6.07) is 7.52. The first-order valence-electron chi connectivity index (χ1n) is 7.05. The zero-order valence-electron chi connectivity index (χ0n) is 12.7. The lowest BCUT2D eigenvalue weighted by Crippen LogP contribution is -2.23. The Morgan fingerprint density at radius 3 is 2.15 bits per heavy atom. The van der Waals surface area contributed by atoms with Crippen molar-refractivity contribution in [2.24, 2.45) is 11.8 Å². The lowest BCUT2D eigenvalue weighted by molar-refractivity contribution is -0.122. The second kappa shape index (κ2) is 7.68. The van der Waals surface area contributed by atoms with Crippen LogP contribution in [-0.2, 0) is 16.1 Å². The number of benzene rings is 1. The molecular formula is C16H24N2O2. The molecule has 0 aliphatic carbocycles. The normalized spacial score (nSPS) is 10.7. The van der Waals surface area contributed by atoms with Crippen LogP contribution in [0.15, 0.2) is 24.3 Å². The molecule has 0 saturated heterocycles. The van der Waals surface area contributed by atoms with Gasteiger partial charge in [-0.25, -0.2) is 0 Å². The molecule has 110 valence electrons. The van der Waals surface area contributed by atoms with Crippen LogP contribution in [0.3, 0.4) is 0 Å². The average molecular weight is 276 g/mol. The molecule has 0 aliphatic rings. The molecule has 20 heavy (non-hydrogen) atoms. The van der Waals surface area contributed by atoms with Crippen LogP contribution in [0.5, 0.6) is 0 Å². The Labute approximate surface area is 121 Å². The quantitative estimate of drug-likeness (QED) is 0.839. The molecule has 1 aromatic rings. The smallest absolute Gasteiger partial charge is 0.226 e. The molecule has 0 aliphatic heterocycles. The van der Waals surface area contributed by atoms with E-state index in [9.17, 15) is 9.59 Å². The van der Waals surface area contributed by atoms with Crippen molar-refractivity contribution in [3.05, 3.63) is 29.8 Å². The minimum atomic E-state index is -0.0370. The summed E-state index contributed by atoms with van der Waals surface area (Å²) in [4.78, 5) is 23.1. The molecule has 0 atom stereocenters. The van der Waals surface area contributed by atoms with Crippen molar-refractivity contribution in [3.63, 3.8) is 0 Å². The first-order valence-corrected chi connectivity index (χ1v) is 7.05. The molecule has 1 rings (SSSR count). The summed E-state index contributed by atoms with van der Waals surface area (Å²) in [7, 11) is 0. The molecule has 1 aromatic carbocycles. The van der Waals surface area contributed by atoms with Crippen LogP contribution in [-0.4, -0.2) is 11.8 Å². The van der Waals surface area contributed by atoms with E-state index in [0.717, 1.165) is 11.3 Å². The highest BCUT2D eigenvalue weighted by Gasteiger charge is 2.07. The highest BCUT2D eigenvalue weighted by molar-refractivity contribution is 5.92. The first kappa shape index (κ1) is 16.2. The van der Waals surface area contributed by atoms with E-state index in [2.05, 4.69) is 10.6 Å². The molecule has 0 unspecified atom stereocenters. The first-order chi connectivity index (χ1) is 9.38. The Morgan fingerprint density at radius 1 is 1.05 bits per heavy atom. The summed E-state index contributed by atoms with van der Waals surface area (Å²) in [6.45, 7) is 8.27. The van der Waals surface area contributed by atoms with Crippen LogP contribution in [0.2, 0.25) is 0 Å². The number of carbonyl (C=O) groups is 2. The van der Waals surface area contributed by atoms with E-state index in [0.29, 0.717) is 18.9 Å². The van der Waals surface area contributed by atoms with Crippen LogP contribution in [0.25, 0.3) is 0 Å². The maximum atomic E-state index is 11.5. The lowest BCUT2D eigenvalue weighted by Gasteiger charge is -2.10. The Kier molecular flexibility index (Phi) is 6.22. The molecule has 0 bridgehead atoms. The van der Waals surface area contributed by atoms with Crippen molar-refractivity contribution < 1.29 is 9.59 Å². The summed E-state index contributed by atoms with van der Waals surface area (Å²) >= 11 is 0. The minimum Gasteiger partial charge on any atom is -0.352 e. The number of anilines is 1. The van der Waals surface area contributed by atoms with Crippen molar-refractivity contribution in [2.75, 3.05) is 5.32 Å². The SMILES string of the molecule is CC(C)CC(=O)NCc1ccc(NC(=O)C(C)C)cc1. The maximum Gasteiger partial charge on any atom is 0.226 e. The predicted molar refractivity (Wildman–Crippen MR) is 81.2 cm³/mol. The largest absolute Gasteiger partial charge is 0.352 e. The molecule has 0 fully saturated rings. The standard InChI is InChI=1S/C16H24N2O2/c1-11(2)9-15(19)17-10-13-5-7-14(8-6-13)18-16(20)12(3)4/h5-8,11-12H,9-10H2,1-4H3,(H,17,19)(H,18,20). The van der Waals surface area contributed by atoms with Gasteiger partial charge in [0.2, 0.25) is 11.8 Å². The average Bonchev–Trinajstić information content (AvgIpc) is 2.37. The van der Waals surface area contributed by atoms with Crippen molar-refractivity contribution in [1.82, 2.24) is 5.32 Å². The fourth-order valence-corrected chi connectivity index (χ4v) is 1.64. The zero-order chi connectivity index (χ0) is 15.1. The zero-order valence-corrected chi connectivity index (χ0v) is 12.7. The molecular weight excluding hydrogens is 252 g/mol. The number of amides is 2. The van der Waals surface area contributed by atoms with E-state index in [1.165, 1.54) is 0 Å². The van der Waals surface area contributed by atoms with Crippen LogP contribution in [0.1, 0.15) is 39.7 Å². The van der Waals surface area contributed by atoms with Gasteiger partial charge >= 0.3 is 0 Å². The van der Waals surface area contributed by atoms with Gasteiger partial charge in [0.25, 0.3) is 0 Å². The third kappa shape index (κ3) is 5.87. The van der Waals surface area contributed by atoms with Gasteiger partial charge in [0.05, 0.1) is 0 Å². The maximum absolute atomic E-state index is 11.5. The van der Waals surface area contributed by atoms with E-state index in [1.54, 1.807) is 0 Å². The van der Waals surface area contributed by atoms with Crippen molar-refractivity contribution in [3.8, 4) is 0 Å². The fourth-order valence-electron chi connectivity index (χ4n) is 1.64. The van der Waals surface area contributed by atoms with E-state index in [1.807, 2.05) is 52.0 Å². The molecule has 4 nitrogen and oxygen atoms in total. The number of carbonyl (C=O) groups excluding carboxylic acids is 2. The predicted octanol–water partition coefficient (Wildman–Crippen LogP) is 2.94. The molecule has 0 radical (unpaired) electrons. The lowest BCUT2D eigenvalue weighted by atomic mass is 10.1. The summed E-state index contributed by atoms with van der Waals surface area (Å²) < 4.78 is 0. The van der Waals surface area contributed by atoms with Crippen molar-refractivity contribution >= 4 is 17.5 Å².